The maximum atomic E-state index is 12.3. The first-order valence-corrected chi connectivity index (χ1v) is 9.70. The summed E-state index contributed by atoms with van der Waals surface area (Å²) in [5.74, 6) is 0.698. The second kappa shape index (κ2) is 9.53. The van der Waals surface area contributed by atoms with Gasteiger partial charge in [-0.1, -0.05) is 0 Å². The number of aliphatic hydroxyl groups excluding tert-OH is 1. The van der Waals surface area contributed by atoms with Crippen LogP contribution in [0.3, 0.4) is 0 Å². The van der Waals surface area contributed by atoms with Crippen molar-refractivity contribution < 1.29 is 9.90 Å². The van der Waals surface area contributed by atoms with Gasteiger partial charge in [0, 0.05) is 45.5 Å². The fourth-order valence-corrected chi connectivity index (χ4v) is 3.70. The van der Waals surface area contributed by atoms with Crippen LogP contribution in [0.1, 0.15) is 24.8 Å². The molecular formula is C19H28N6O2. The number of rotatable bonds is 5. The van der Waals surface area contributed by atoms with E-state index in [1.165, 1.54) is 0 Å². The maximum Gasteiger partial charge on any atom is 0.317 e. The molecule has 2 amide bonds. The van der Waals surface area contributed by atoms with E-state index < -0.39 is 0 Å². The largest absolute Gasteiger partial charge is 0.392 e. The normalized spacial score (nSPS) is 21.0. The Kier molecular flexibility index (Phi) is 6.85. The molecular weight excluding hydrogens is 344 g/mol. The number of β-amino-alcohol motifs (C(OH)–C–C–N with tert-alkyl or cyclic N) is 1. The number of anilines is 1. The van der Waals surface area contributed by atoms with Crippen molar-refractivity contribution in [1.29, 1.82) is 5.26 Å². The van der Waals surface area contributed by atoms with Crippen molar-refractivity contribution in [2.45, 2.75) is 25.4 Å². The van der Waals surface area contributed by atoms with Crippen LogP contribution in [0, 0.1) is 11.3 Å². The van der Waals surface area contributed by atoms with Gasteiger partial charge in [0.1, 0.15) is 11.9 Å². The number of likely N-dealkylation sites (tertiary alicyclic amines) is 1. The summed E-state index contributed by atoms with van der Waals surface area (Å²) in [6, 6.07) is 5.67. The molecule has 0 spiro atoms. The zero-order valence-corrected chi connectivity index (χ0v) is 15.7. The number of amides is 2. The molecule has 0 bridgehead atoms. The first-order chi connectivity index (χ1) is 13.2. The number of aromatic nitrogens is 1. The van der Waals surface area contributed by atoms with Crippen molar-refractivity contribution in [3.05, 3.63) is 23.9 Å². The molecule has 1 aromatic heterocycles. The van der Waals surface area contributed by atoms with Crippen LogP contribution < -0.4 is 10.2 Å². The molecule has 146 valence electrons. The van der Waals surface area contributed by atoms with Crippen LogP contribution in [0.2, 0.25) is 0 Å². The minimum Gasteiger partial charge on any atom is -0.392 e. The summed E-state index contributed by atoms with van der Waals surface area (Å²) in [5.41, 5.74) is 0.568. The van der Waals surface area contributed by atoms with Crippen molar-refractivity contribution in [1.82, 2.24) is 20.1 Å². The summed E-state index contributed by atoms with van der Waals surface area (Å²) in [6.07, 6.45) is 4.31. The third kappa shape index (κ3) is 5.31. The maximum absolute atomic E-state index is 12.3. The van der Waals surface area contributed by atoms with E-state index in [0.717, 1.165) is 38.9 Å². The highest BCUT2D eigenvalue weighted by Gasteiger charge is 2.23. The quantitative estimate of drug-likeness (QED) is 0.736. The number of piperazine rings is 1. The number of piperidine rings is 1. The monoisotopic (exact) mass is 372 g/mol. The zero-order valence-electron chi connectivity index (χ0n) is 15.7. The molecule has 0 saturated carbocycles. The second-order valence-corrected chi connectivity index (χ2v) is 7.14. The third-order valence-electron chi connectivity index (χ3n) is 5.18. The van der Waals surface area contributed by atoms with Crippen molar-refractivity contribution in [3.8, 4) is 6.07 Å². The van der Waals surface area contributed by atoms with Crippen LogP contribution in [0.15, 0.2) is 18.3 Å². The number of urea groups is 1. The van der Waals surface area contributed by atoms with Gasteiger partial charge in [-0.05, 0) is 44.5 Å². The lowest BCUT2D eigenvalue weighted by molar-refractivity contribution is 0.0702. The summed E-state index contributed by atoms with van der Waals surface area (Å²) in [6.45, 7) is 5.90. The van der Waals surface area contributed by atoms with E-state index in [1.54, 1.807) is 18.3 Å². The molecule has 0 aromatic carbocycles. The van der Waals surface area contributed by atoms with Crippen molar-refractivity contribution in [2.75, 3.05) is 57.3 Å². The Morgan fingerprint density at radius 1 is 1.33 bits per heavy atom. The number of pyridine rings is 1. The molecule has 8 nitrogen and oxygen atoms in total. The molecule has 0 aliphatic carbocycles. The van der Waals surface area contributed by atoms with Gasteiger partial charge in [-0.15, -0.1) is 0 Å². The highest BCUT2D eigenvalue weighted by molar-refractivity contribution is 5.74. The molecule has 2 saturated heterocycles. The van der Waals surface area contributed by atoms with Crippen molar-refractivity contribution in [3.63, 3.8) is 0 Å². The van der Waals surface area contributed by atoms with Crippen LogP contribution >= 0.6 is 0 Å². The molecule has 2 aliphatic heterocycles. The fraction of sp³-hybridized carbons (Fsp3) is 0.632. The topological polar surface area (TPSA) is 95.7 Å². The lowest BCUT2D eigenvalue weighted by atomic mass is 10.1. The number of nitrogens with one attached hydrogen (secondary N) is 1. The minimum absolute atomic E-state index is 0.0325. The Hall–Kier alpha value is -2.37. The molecule has 2 fully saturated rings. The third-order valence-corrected chi connectivity index (χ3v) is 5.18. The van der Waals surface area contributed by atoms with Gasteiger partial charge in [0.25, 0.3) is 0 Å². The van der Waals surface area contributed by atoms with Gasteiger partial charge in [-0.2, -0.15) is 5.26 Å². The lowest BCUT2D eigenvalue weighted by Crippen LogP contribution is -2.52. The predicted octanol–water partition coefficient (Wildman–Crippen LogP) is 0.632. The Morgan fingerprint density at radius 3 is 2.89 bits per heavy atom. The van der Waals surface area contributed by atoms with Crippen LogP contribution in [-0.2, 0) is 0 Å². The Labute approximate surface area is 160 Å². The number of nitriles is 1. The average molecular weight is 372 g/mol. The van der Waals surface area contributed by atoms with Crippen molar-refractivity contribution >= 4 is 11.8 Å². The molecule has 2 aliphatic rings. The van der Waals surface area contributed by atoms with Gasteiger partial charge >= 0.3 is 6.03 Å². The first kappa shape index (κ1) is 19.4. The Morgan fingerprint density at radius 2 is 2.15 bits per heavy atom. The molecule has 27 heavy (non-hydrogen) atoms. The summed E-state index contributed by atoms with van der Waals surface area (Å²) in [4.78, 5) is 22.8. The van der Waals surface area contributed by atoms with E-state index in [0.29, 0.717) is 44.1 Å². The Balaban J connectivity index is 1.37. The average Bonchev–Trinajstić information content (AvgIpc) is 2.71. The first-order valence-electron chi connectivity index (χ1n) is 9.70. The summed E-state index contributed by atoms with van der Waals surface area (Å²) in [5, 5.41) is 21.9. The van der Waals surface area contributed by atoms with Gasteiger partial charge in [-0.25, -0.2) is 9.78 Å². The van der Waals surface area contributed by atoms with Crippen molar-refractivity contribution in [2.24, 2.45) is 0 Å². The molecule has 0 radical (unpaired) electrons. The number of hydrogen-bond donors (Lipinski definition) is 2. The van der Waals surface area contributed by atoms with Gasteiger partial charge < -0.3 is 25.1 Å². The number of aliphatic hydroxyl groups is 1. The summed E-state index contributed by atoms with van der Waals surface area (Å²) < 4.78 is 0. The van der Waals surface area contributed by atoms with E-state index >= 15 is 0 Å². The lowest BCUT2D eigenvalue weighted by Gasteiger charge is -2.35. The summed E-state index contributed by atoms with van der Waals surface area (Å²) >= 11 is 0. The second-order valence-electron chi connectivity index (χ2n) is 7.14. The molecule has 2 N–H and O–H groups in total. The highest BCUT2D eigenvalue weighted by Crippen LogP contribution is 2.18. The number of carbonyl (C=O) groups is 1. The predicted molar refractivity (Wildman–Crippen MR) is 102 cm³/mol. The van der Waals surface area contributed by atoms with E-state index in [-0.39, 0.29) is 12.1 Å². The molecule has 1 atom stereocenters. The minimum atomic E-state index is -0.203. The van der Waals surface area contributed by atoms with Gasteiger partial charge in [0.05, 0.1) is 11.7 Å². The van der Waals surface area contributed by atoms with E-state index in [2.05, 4.69) is 26.2 Å². The van der Waals surface area contributed by atoms with Crippen LogP contribution in [0.5, 0.6) is 0 Å². The molecule has 3 heterocycles. The van der Waals surface area contributed by atoms with E-state index in [9.17, 15) is 15.2 Å². The molecule has 1 unspecified atom stereocenters. The van der Waals surface area contributed by atoms with Crippen LogP contribution in [-0.4, -0.2) is 84.4 Å². The van der Waals surface area contributed by atoms with Crippen LogP contribution in [0.4, 0.5) is 10.6 Å². The fourth-order valence-electron chi connectivity index (χ4n) is 3.70. The number of nitrogens with zero attached hydrogens (tertiary/aromatic N) is 5. The van der Waals surface area contributed by atoms with Crippen LogP contribution in [0.25, 0.3) is 0 Å². The molecule has 3 rings (SSSR count). The standard InChI is InChI=1S/C19H28N6O2/c20-14-16-4-1-6-21-18(16)24-10-12-25(13-11-24)19(27)22-7-3-9-23-8-2-5-17(26)15-23/h1,4,6,17,26H,2-3,5,7-13,15H2,(H,22,27). The summed E-state index contributed by atoms with van der Waals surface area (Å²) in [7, 11) is 0. The molecule has 8 heteroatoms. The van der Waals surface area contributed by atoms with Gasteiger partial charge in [-0.3, -0.25) is 0 Å². The van der Waals surface area contributed by atoms with E-state index in [1.807, 2.05) is 4.90 Å². The van der Waals surface area contributed by atoms with Gasteiger partial charge in [0.2, 0.25) is 0 Å². The SMILES string of the molecule is N#Cc1cccnc1N1CCN(C(=O)NCCCN2CCCC(O)C2)CC1. The number of carbonyl (C=O) groups excluding carboxylic acids is 1. The van der Waals surface area contributed by atoms with Gasteiger partial charge in [0.15, 0.2) is 0 Å². The molecule has 1 aromatic rings. The zero-order chi connectivity index (χ0) is 19.1. The Bertz CT molecular complexity index is 668. The smallest absolute Gasteiger partial charge is 0.317 e. The van der Waals surface area contributed by atoms with E-state index in [4.69, 9.17) is 0 Å². The highest BCUT2D eigenvalue weighted by atomic mass is 16.3. The number of hydrogen-bond acceptors (Lipinski definition) is 6.